The molecule has 0 unspecified atom stereocenters. The number of ketones is 2. The summed E-state index contributed by atoms with van der Waals surface area (Å²) in [5.74, 6) is -1.04. The van der Waals surface area contributed by atoms with E-state index in [0.29, 0.717) is 5.56 Å². The summed E-state index contributed by atoms with van der Waals surface area (Å²) in [6.45, 7) is 12.3. The van der Waals surface area contributed by atoms with Gasteiger partial charge in [0.1, 0.15) is 17.5 Å². The highest BCUT2D eigenvalue weighted by Gasteiger charge is 2.26. The van der Waals surface area contributed by atoms with Gasteiger partial charge in [0, 0.05) is 0 Å². The molecule has 1 aromatic carbocycles. The minimum absolute atomic E-state index is 0.155. The molecule has 0 saturated carbocycles. The zero-order valence-electron chi connectivity index (χ0n) is 11.1. The molecule has 0 heterocycles. The first kappa shape index (κ1) is 14.1. The standard InChI is InChI=1S/C16H18O2/c1-6-13-8-10(3)9-14(7-2)16(13)15(11(4)17)12(5)18/h6-9,15H,1-2H2,3-5H3. The Labute approximate surface area is 108 Å². The predicted octanol–water partition coefficient (Wildman–Crippen LogP) is 3.54. The third kappa shape index (κ3) is 2.65. The smallest absolute Gasteiger partial charge is 0.144 e. The third-order valence-corrected chi connectivity index (χ3v) is 2.93. The van der Waals surface area contributed by atoms with Crippen LogP contribution in [0.15, 0.2) is 25.3 Å². The number of hydrogen-bond donors (Lipinski definition) is 0. The SMILES string of the molecule is C=Cc1cc(C)cc(C=C)c1C(C(C)=O)C(C)=O. The molecular formula is C16H18O2. The molecule has 0 radical (unpaired) electrons. The van der Waals surface area contributed by atoms with E-state index in [1.165, 1.54) is 13.8 Å². The van der Waals surface area contributed by atoms with Crippen LogP contribution in [0.5, 0.6) is 0 Å². The van der Waals surface area contributed by atoms with Crippen molar-refractivity contribution in [2.75, 3.05) is 0 Å². The van der Waals surface area contributed by atoms with Crippen LogP contribution < -0.4 is 0 Å². The fraction of sp³-hybridized carbons (Fsp3) is 0.250. The van der Waals surface area contributed by atoms with Gasteiger partial charge < -0.3 is 0 Å². The second-order valence-corrected chi connectivity index (χ2v) is 4.42. The summed E-state index contributed by atoms with van der Waals surface area (Å²) in [4.78, 5) is 23.4. The van der Waals surface area contributed by atoms with Crippen molar-refractivity contribution in [2.24, 2.45) is 0 Å². The van der Waals surface area contributed by atoms with Gasteiger partial charge in [0.2, 0.25) is 0 Å². The fourth-order valence-corrected chi connectivity index (χ4v) is 2.22. The zero-order chi connectivity index (χ0) is 13.9. The van der Waals surface area contributed by atoms with Crippen molar-refractivity contribution in [1.82, 2.24) is 0 Å². The average molecular weight is 242 g/mol. The maximum Gasteiger partial charge on any atom is 0.144 e. The maximum absolute atomic E-state index is 11.7. The minimum atomic E-state index is -0.730. The molecule has 0 N–H and O–H groups in total. The summed E-state index contributed by atoms with van der Waals surface area (Å²) in [6, 6.07) is 3.85. The number of carbonyl (C=O) groups is 2. The highest BCUT2D eigenvalue weighted by molar-refractivity contribution is 6.07. The molecule has 0 aliphatic rings. The van der Waals surface area contributed by atoms with Crippen LogP contribution in [0.2, 0.25) is 0 Å². The number of carbonyl (C=O) groups excluding carboxylic acids is 2. The quantitative estimate of drug-likeness (QED) is 0.740. The van der Waals surface area contributed by atoms with E-state index in [4.69, 9.17) is 0 Å². The number of hydrogen-bond acceptors (Lipinski definition) is 2. The van der Waals surface area contributed by atoms with Crippen molar-refractivity contribution in [3.8, 4) is 0 Å². The van der Waals surface area contributed by atoms with Crippen molar-refractivity contribution in [1.29, 1.82) is 0 Å². The molecule has 1 aromatic rings. The van der Waals surface area contributed by atoms with Gasteiger partial charge in [-0.15, -0.1) is 0 Å². The topological polar surface area (TPSA) is 34.1 Å². The van der Waals surface area contributed by atoms with Crippen LogP contribution in [0.3, 0.4) is 0 Å². The molecule has 2 heteroatoms. The number of aryl methyl sites for hydroxylation is 1. The Morgan fingerprint density at radius 2 is 1.44 bits per heavy atom. The van der Waals surface area contributed by atoms with Gasteiger partial charge in [-0.05, 0) is 43.0 Å². The lowest BCUT2D eigenvalue weighted by atomic mass is 9.84. The highest BCUT2D eigenvalue weighted by Crippen LogP contribution is 2.29. The molecule has 0 spiro atoms. The summed E-state index contributed by atoms with van der Waals surface area (Å²) in [7, 11) is 0. The lowest BCUT2D eigenvalue weighted by Crippen LogP contribution is -2.19. The second kappa shape index (κ2) is 5.58. The highest BCUT2D eigenvalue weighted by atomic mass is 16.1. The van der Waals surface area contributed by atoms with Crippen molar-refractivity contribution in [3.63, 3.8) is 0 Å². The van der Waals surface area contributed by atoms with Gasteiger partial charge in [0.05, 0.1) is 0 Å². The second-order valence-electron chi connectivity index (χ2n) is 4.42. The van der Waals surface area contributed by atoms with Crippen molar-refractivity contribution < 1.29 is 9.59 Å². The maximum atomic E-state index is 11.7. The normalized spacial score (nSPS) is 10.2. The predicted molar refractivity (Wildman–Crippen MR) is 75.5 cm³/mol. The number of rotatable bonds is 5. The summed E-state index contributed by atoms with van der Waals surface area (Å²) in [6.07, 6.45) is 3.35. The first-order valence-electron chi connectivity index (χ1n) is 5.82. The van der Waals surface area contributed by atoms with E-state index in [1.54, 1.807) is 12.2 Å². The van der Waals surface area contributed by atoms with E-state index in [-0.39, 0.29) is 11.6 Å². The van der Waals surface area contributed by atoms with Crippen LogP contribution in [0.1, 0.15) is 42.0 Å². The van der Waals surface area contributed by atoms with E-state index in [9.17, 15) is 9.59 Å². The van der Waals surface area contributed by atoms with Crippen LogP contribution in [-0.2, 0) is 9.59 Å². The van der Waals surface area contributed by atoms with Gasteiger partial charge in [0.15, 0.2) is 0 Å². The van der Waals surface area contributed by atoms with Crippen LogP contribution in [0.25, 0.3) is 12.2 Å². The van der Waals surface area contributed by atoms with Gasteiger partial charge in [-0.3, -0.25) is 9.59 Å². The molecule has 18 heavy (non-hydrogen) atoms. The molecule has 0 fully saturated rings. The minimum Gasteiger partial charge on any atom is -0.299 e. The van der Waals surface area contributed by atoms with Gasteiger partial charge in [-0.1, -0.05) is 37.4 Å². The molecule has 0 amide bonds. The Balaban J connectivity index is 3.63. The van der Waals surface area contributed by atoms with E-state index in [1.807, 2.05) is 19.1 Å². The number of Topliss-reactive ketones (excluding diaryl/α,β-unsaturated/α-hetero) is 2. The molecular weight excluding hydrogens is 224 g/mol. The molecule has 0 aliphatic carbocycles. The van der Waals surface area contributed by atoms with E-state index >= 15 is 0 Å². The Morgan fingerprint density at radius 3 is 1.72 bits per heavy atom. The molecule has 0 aromatic heterocycles. The molecule has 0 saturated heterocycles. The number of benzene rings is 1. The first-order chi connectivity index (χ1) is 8.42. The Morgan fingerprint density at radius 1 is 1.06 bits per heavy atom. The molecule has 0 aliphatic heterocycles. The van der Waals surface area contributed by atoms with Crippen LogP contribution in [0, 0.1) is 6.92 Å². The average Bonchev–Trinajstić information content (AvgIpc) is 2.29. The van der Waals surface area contributed by atoms with Crippen molar-refractivity contribution in [3.05, 3.63) is 47.5 Å². The van der Waals surface area contributed by atoms with Gasteiger partial charge in [0.25, 0.3) is 0 Å². The summed E-state index contributed by atoms with van der Waals surface area (Å²) in [5.41, 5.74) is 3.40. The Kier molecular flexibility index (Phi) is 4.38. The lowest BCUT2D eigenvalue weighted by molar-refractivity contribution is -0.126. The molecule has 0 atom stereocenters. The molecule has 0 bridgehead atoms. The van der Waals surface area contributed by atoms with E-state index in [0.717, 1.165) is 16.7 Å². The summed E-state index contributed by atoms with van der Waals surface area (Å²) >= 11 is 0. The first-order valence-corrected chi connectivity index (χ1v) is 5.82. The largest absolute Gasteiger partial charge is 0.299 e. The Hall–Kier alpha value is -1.96. The van der Waals surface area contributed by atoms with E-state index in [2.05, 4.69) is 13.2 Å². The Bertz CT molecular complexity index is 481. The van der Waals surface area contributed by atoms with Gasteiger partial charge in [-0.25, -0.2) is 0 Å². The molecule has 1 rings (SSSR count). The van der Waals surface area contributed by atoms with Gasteiger partial charge >= 0.3 is 0 Å². The lowest BCUT2D eigenvalue weighted by Gasteiger charge is -2.18. The van der Waals surface area contributed by atoms with Crippen LogP contribution in [0.4, 0.5) is 0 Å². The summed E-state index contributed by atoms with van der Waals surface area (Å²) in [5, 5.41) is 0. The van der Waals surface area contributed by atoms with Crippen LogP contribution in [-0.4, -0.2) is 11.6 Å². The molecule has 94 valence electrons. The summed E-state index contributed by atoms with van der Waals surface area (Å²) < 4.78 is 0. The van der Waals surface area contributed by atoms with Crippen molar-refractivity contribution in [2.45, 2.75) is 26.7 Å². The molecule has 2 nitrogen and oxygen atoms in total. The third-order valence-electron chi connectivity index (χ3n) is 2.93. The van der Waals surface area contributed by atoms with E-state index < -0.39 is 5.92 Å². The fourth-order valence-electron chi connectivity index (χ4n) is 2.22. The van der Waals surface area contributed by atoms with Crippen LogP contribution >= 0.6 is 0 Å². The zero-order valence-corrected chi connectivity index (χ0v) is 11.1. The van der Waals surface area contributed by atoms with Gasteiger partial charge in [-0.2, -0.15) is 0 Å². The van der Waals surface area contributed by atoms with Crippen molar-refractivity contribution >= 4 is 23.7 Å². The monoisotopic (exact) mass is 242 g/mol.